The van der Waals surface area contributed by atoms with Crippen LogP contribution in [0.3, 0.4) is 0 Å². The van der Waals surface area contributed by atoms with E-state index in [0.29, 0.717) is 5.92 Å². The summed E-state index contributed by atoms with van der Waals surface area (Å²) >= 11 is 0. The first-order valence-electron chi connectivity index (χ1n) is 7.71. The van der Waals surface area contributed by atoms with E-state index < -0.39 is 6.04 Å². The minimum atomic E-state index is -0.464. The molecule has 0 aliphatic carbocycles. The van der Waals surface area contributed by atoms with Gasteiger partial charge in [-0.1, -0.05) is 13.8 Å². The maximum atomic E-state index is 12.6. The van der Waals surface area contributed by atoms with Crippen LogP contribution in [-0.2, 0) is 14.3 Å². The molecule has 0 aromatic heterocycles. The number of carbonyl (C=O) groups excluding carboxylic acids is 2. The zero-order chi connectivity index (χ0) is 15.8. The van der Waals surface area contributed by atoms with Gasteiger partial charge in [-0.2, -0.15) is 0 Å². The lowest BCUT2D eigenvalue weighted by Gasteiger charge is -2.35. The van der Waals surface area contributed by atoms with E-state index in [-0.39, 0.29) is 24.3 Å². The maximum Gasteiger partial charge on any atom is 0.246 e. The second kappa shape index (κ2) is 9.00. The van der Waals surface area contributed by atoms with Gasteiger partial charge in [0.15, 0.2) is 0 Å². The molecule has 6 heteroatoms. The van der Waals surface area contributed by atoms with Crippen LogP contribution in [0.1, 0.15) is 26.7 Å². The van der Waals surface area contributed by atoms with Gasteiger partial charge in [0.1, 0.15) is 12.6 Å². The SMILES string of the molecule is CNCC1CCN(C(=O)[C@@H](NC(=O)COC)C(C)C)CC1. The van der Waals surface area contributed by atoms with Crippen molar-refractivity contribution in [1.29, 1.82) is 0 Å². The molecular formula is C15H29N3O3. The molecule has 1 saturated heterocycles. The molecule has 0 radical (unpaired) electrons. The predicted molar refractivity (Wildman–Crippen MR) is 81.9 cm³/mol. The van der Waals surface area contributed by atoms with Crippen LogP contribution in [0.4, 0.5) is 0 Å². The van der Waals surface area contributed by atoms with Gasteiger partial charge in [0.25, 0.3) is 0 Å². The Balaban J connectivity index is 2.55. The fourth-order valence-electron chi connectivity index (χ4n) is 2.70. The van der Waals surface area contributed by atoms with Gasteiger partial charge in [-0.15, -0.1) is 0 Å². The molecule has 1 rings (SSSR count). The van der Waals surface area contributed by atoms with E-state index in [0.717, 1.165) is 32.5 Å². The Morgan fingerprint density at radius 1 is 1.29 bits per heavy atom. The van der Waals surface area contributed by atoms with Crippen molar-refractivity contribution >= 4 is 11.8 Å². The predicted octanol–water partition coefficient (Wildman–Crippen LogP) is 0.232. The molecule has 0 aromatic carbocycles. The number of carbonyl (C=O) groups is 2. The van der Waals surface area contributed by atoms with Crippen molar-refractivity contribution in [1.82, 2.24) is 15.5 Å². The molecule has 1 atom stereocenters. The van der Waals surface area contributed by atoms with Gasteiger partial charge in [-0.3, -0.25) is 9.59 Å². The number of nitrogens with zero attached hydrogens (tertiary/aromatic N) is 1. The molecule has 122 valence electrons. The van der Waals surface area contributed by atoms with E-state index in [1.54, 1.807) is 0 Å². The highest BCUT2D eigenvalue weighted by Gasteiger charge is 2.30. The molecule has 1 fully saturated rings. The van der Waals surface area contributed by atoms with Crippen LogP contribution in [0, 0.1) is 11.8 Å². The Labute approximate surface area is 127 Å². The lowest BCUT2D eigenvalue weighted by molar-refractivity contribution is -0.139. The van der Waals surface area contributed by atoms with Crippen LogP contribution in [0.15, 0.2) is 0 Å². The zero-order valence-corrected chi connectivity index (χ0v) is 13.6. The summed E-state index contributed by atoms with van der Waals surface area (Å²) < 4.78 is 4.81. The van der Waals surface area contributed by atoms with Crippen LogP contribution in [0.5, 0.6) is 0 Å². The monoisotopic (exact) mass is 299 g/mol. The van der Waals surface area contributed by atoms with Crippen LogP contribution in [0.25, 0.3) is 0 Å². The molecule has 0 aromatic rings. The Kier molecular flexibility index (Phi) is 7.67. The van der Waals surface area contributed by atoms with Crippen LogP contribution >= 0.6 is 0 Å². The largest absolute Gasteiger partial charge is 0.375 e. The van der Waals surface area contributed by atoms with Gasteiger partial charge >= 0.3 is 0 Å². The van der Waals surface area contributed by atoms with E-state index in [1.165, 1.54) is 7.11 Å². The summed E-state index contributed by atoms with van der Waals surface area (Å²) in [6, 6.07) is -0.464. The molecule has 2 amide bonds. The third-order valence-electron chi connectivity index (χ3n) is 3.94. The van der Waals surface area contributed by atoms with Crippen LogP contribution in [-0.4, -0.2) is 63.2 Å². The first-order chi connectivity index (χ1) is 9.99. The Hall–Kier alpha value is -1.14. The van der Waals surface area contributed by atoms with Gasteiger partial charge in [-0.05, 0) is 38.3 Å². The second-order valence-electron chi connectivity index (χ2n) is 6.05. The van der Waals surface area contributed by atoms with Gasteiger partial charge in [-0.25, -0.2) is 0 Å². The van der Waals surface area contributed by atoms with E-state index in [2.05, 4.69) is 10.6 Å². The molecule has 1 heterocycles. The molecule has 21 heavy (non-hydrogen) atoms. The zero-order valence-electron chi connectivity index (χ0n) is 13.6. The molecule has 0 saturated carbocycles. The lowest BCUT2D eigenvalue weighted by atomic mass is 9.95. The van der Waals surface area contributed by atoms with Crippen molar-refractivity contribution in [2.75, 3.05) is 40.4 Å². The van der Waals surface area contributed by atoms with E-state index in [9.17, 15) is 9.59 Å². The fourth-order valence-corrected chi connectivity index (χ4v) is 2.70. The third kappa shape index (κ3) is 5.63. The third-order valence-corrected chi connectivity index (χ3v) is 3.94. The maximum absolute atomic E-state index is 12.6. The highest BCUT2D eigenvalue weighted by molar-refractivity contribution is 5.88. The summed E-state index contributed by atoms with van der Waals surface area (Å²) in [4.78, 5) is 26.1. The van der Waals surface area contributed by atoms with E-state index in [1.807, 2.05) is 25.8 Å². The van der Waals surface area contributed by atoms with Crippen molar-refractivity contribution < 1.29 is 14.3 Å². The van der Waals surface area contributed by atoms with Gasteiger partial charge < -0.3 is 20.3 Å². The van der Waals surface area contributed by atoms with Crippen LogP contribution in [0.2, 0.25) is 0 Å². The normalized spacial score (nSPS) is 17.9. The first-order valence-corrected chi connectivity index (χ1v) is 7.71. The number of piperidine rings is 1. The summed E-state index contributed by atoms with van der Waals surface area (Å²) in [5.41, 5.74) is 0. The summed E-state index contributed by atoms with van der Waals surface area (Å²) in [6.07, 6.45) is 2.03. The minimum Gasteiger partial charge on any atom is -0.375 e. The van der Waals surface area contributed by atoms with Crippen molar-refractivity contribution in [2.24, 2.45) is 11.8 Å². The van der Waals surface area contributed by atoms with Crippen LogP contribution < -0.4 is 10.6 Å². The topological polar surface area (TPSA) is 70.7 Å². The Morgan fingerprint density at radius 2 is 1.90 bits per heavy atom. The second-order valence-corrected chi connectivity index (χ2v) is 6.05. The Bertz CT molecular complexity index is 339. The molecule has 2 N–H and O–H groups in total. The van der Waals surface area contributed by atoms with Crippen molar-refractivity contribution in [3.05, 3.63) is 0 Å². The smallest absolute Gasteiger partial charge is 0.246 e. The molecule has 0 spiro atoms. The quantitative estimate of drug-likeness (QED) is 0.706. The molecule has 1 aliphatic heterocycles. The molecule has 0 unspecified atom stereocenters. The molecular weight excluding hydrogens is 270 g/mol. The molecule has 0 bridgehead atoms. The number of amides is 2. The first kappa shape index (κ1) is 17.9. The number of likely N-dealkylation sites (tertiary alicyclic amines) is 1. The van der Waals surface area contributed by atoms with Crippen molar-refractivity contribution in [2.45, 2.75) is 32.7 Å². The van der Waals surface area contributed by atoms with Gasteiger partial charge in [0, 0.05) is 20.2 Å². The molecule has 1 aliphatic rings. The average molecular weight is 299 g/mol. The van der Waals surface area contributed by atoms with E-state index >= 15 is 0 Å². The number of nitrogens with one attached hydrogen (secondary N) is 2. The fraction of sp³-hybridized carbons (Fsp3) is 0.867. The molecule has 6 nitrogen and oxygen atoms in total. The average Bonchev–Trinajstić information content (AvgIpc) is 2.45. The number of methoxy groups -OCH3 is 1. The minimum absolute atomic E-state index is 0.0132. The number of hydrogen-bond acceptors (Lipinski definition) is 4. The number of rotatable bonds is 7. The summed E-state index contributed by atoms with van der Waals surface area (Å²) in [7, 11) is 3.43. The summed E-state index contributed by atoms with van der Waals surface area (Å²) in [5.74, 6) is 0.486. The lowest BCUT2D eigenvalue weighted by Crippen LogP contribution is -2.53. The van der Waals surface area contributed by atoms with Gasteiger partial charge in [0.2, 0.25) is 11.8 Å². The summed E-state index contributed by atoms with van der Waals surface area (Å²) in [6.45, 7) is 6.43. The highest BCUT2D eigenvalue weighted by Crippen LogP contribution is 2.18. The number of hydrogen-bond donors (Lipinski definition) is 2. The standard InChI is InChI=1S/C15H29N3O3/c1-11(2)14(17-13(19)10-21-4)15(20)18-7-5-12(6-8-18)9-16-3/h11-12,14,16H,5-10H2,1-4H3,(H,17,19)/t14-/m0/s1. The number of ether oxygens (including phenoxy) is 1. The van der Waals surface area contributed by atoms with Gasteiger partial charge in [0.05, 0.1) is 0 Å². The van der Waals surface area contributed by atoms with Crippen molar-refractivity contribution in [3.8, 4) is 0 Å². The van der Waals surface area contributed by atoms with E-state index in [4.69, 9.17) is 4.74 Å². The van der Waals surface area contributed by atoms with Crippen molar-refractivity contribution in [3.63, 3.8) is 0 Å². The Morgan fingerprint density at radius 3 is 2.38 bits per heavy atom. The summed E-state index contributed by atoms with van der Waals surface area (Å²) in [5, 5.41) is 5.97. The highest BCUT2D eigenvalue weighted by atomic mass is 16.5.